The van der Waals surface area contributed by atoms with E-state index in [0.717, 1.165) is 11.1 Å². The van der Waals surface area contributed by atoms with Crippen LogP contribution in [0.4, 0.5) is 0 Å². The third-order valence-electron chi connectivity index (χ3n) is 9.13. The Hall–Kier alpha value is -3.70. The zero-order valence-corrected chi connectivity index (χ0v) is 20.9. The van der Waals surface area contributed by atoms with Gasteiger partial charge in [0, 0.05) is 30.1 Å². The third-order valence-corrected chi connectivity index (χ3v) is 9.13. The summed E-state index contributed by atoms with van der Waals surface area (Å²) in [5.74, 6) is -1.28. The van der Waals surface area contributed by atoms with Crippen molar-refractivity contribution >= 4 is 17.7 Å². The lowest BCUT2D eigenvalue weighted by Crippen LogP contribution is -2.56. The Bertz CT molecular complexity index is 1320. The molecule has 1 saturated carbocycles. The van der Waals surface area contributed by atoms with Gasteiger partial charge in [0.05, 0.1) is 6.07 Å². The van der Waals surface area contributed by atoms with Gasteiger partial charge in [-0.2, -0.15) is 5.26 Å². The average molecular weight is 499 g/mol. The molecule has 0 radical (unpaired) electrons. The van der Waals surface area contributed by atoms with Gasteiger partial charge < -0.3 is 20.6 Å². The second-order valence-electron chi connectivity index (χ2n) is 11.4. The molecule has 0 spiro atoms. The molecular formula is C29H30N4O4. The van der Waals surface area contributed by atoms with E-state index >= 15 is 0 Å². The number of fused-ring (bicyclic) bond motifs is 4. The summed E-state index contributed by atoms with van der Waals surface area (Å²) in [4.78, 5) is 41.5. The van der Waals surface area contributed by atoms with Gasteiger partial charge in [-0.15, -0.1) is 0 Å². The van der Waals surface area contributed by atoms with Crippen LogP contribution in [0.15, 0.2) is 48.5 Å². The Morgan fingerprint density at radius 1 is 1.16 bits per heavy atom. The van der Waals surface area contributed by atoms with E-state index in [2.05, 4.69) is 30.6 Å². The molecule has 6 rings (SSSR count). The minimum atomic E-state index is -1.90. The first kappa shape index (κ1) is 23.7. The smallest absolute Gasteiger partial charge is 0.264 e. The minimum absolute atomic E-state index is 0.0685. The normalized spacial score (nSPS) is 28.4. The molecule has 190 valence electrons. The van der Waals surface area contributed by atoms with Crippen molar-refractivity contribution in [2.24, 2.45) is 23.2 Å². The standard InChI is InChI=1S/C29H30N4O4/c1-28(2)22-15-33(24(23(22)28)26(35)32-17(14-30)13-16-11-12-31-25(16)34)27(36)29(37)20-9-5-3-7-18(20)19-8-4-6-10-21(19)29/h3-10,16-17,22-24,37H,11-13,15H2,1-2H3,(H,31,34)(H,32,35)/t16-,17+,22+,23+,24-/m0/s1. The van der Waals surface area contributed by atoms with Gasteiger partial charge in [-0.3, -0.25) is 14.4 Å². The molecule has 4 aliphatic rings. The van der Waals surface area contributed by atoms with Crippen LogP contribution < -0.4 is 10.6 Å². The van der Waals surface area contributed by atoms with Gasteiger partial charge in [-0.05, 0) is 41.2 Å². The first-order valence-electron chi connectivity index (χ1n) is 12.9. The first-order chi connectivity index (χ1) is 17.7. The molecule has 8 nitrogen and oxygen atoms in total. The highest BCUT2D eigenvalue weighted by atomic mass is 16.3. The van der Waals surface area contributed by atoms with Gasteiger partial charge in [0.2, 0.25) is 11.8 Å². The lowest BCUT2D eigenvalue weighted by molar-refractivity contribution is -0.153. The third kappa shape index (κ3) is 3.33. The second kappa shape index (κ2) is 8.15. The average Bonchev–Trinajstić information content (AvgIpc) is 3.32. The number of nitrogens with one attached hydrogen (secondary N) is 2. The monoisotopic (exact) mass is 498 g/mol. The van der Waals surface area contributed by atoms with E-state index < -0.39 is 29.5 Å². The Morgan fingerprint density at radius 2 is 1.78 bits per heavy atom. The number of aliphatic hydroxyl groups is 1. The number of carbonyl (C=O) groups excluding carboxylic acids is 3. The topological polar surface area (TPSA) is 123 Å². The molecule has 3 N–H and O–H groups in total. The number of carbonyl (C=O) groups is 3. The van der Waals surface area contributed by atoms with Gasteiger partial charge in [0.1, 0.15) is 12.1 Å². The van der Waals surface area contributed by atoms with Crippen molar-refractivity contribution in [2.45, 2.75) is 44.4 Å². The van der Waals surface area contributed by atoms with Crippen molar-refractivity contribution in [1.82, 2.24) is 15.5 Å². The summed E-state index contributed by atoms with van der Waals surface area (Å²) in [6, 6.07) is 15.2. The molecule has 2 aromatic rings. The maximum absolute atomic E-state index is 14.2. The molecule has 2 aromatic carbocycles. The van der Waals surface area contributed by atoms with Crippen LogP contribution in [0.1, 0.15) is 37.8 Å². The maximum atomic E-state index is 14.2. The first-order valence-corrected chi connectivity index (χ1v) is 12.9. The molecule has 37 heavy (non-hydrogen) atoms. The fourth-order valence-electron chi connectivity index (χ4n) is 7.00. The predicted molar refractivity (Wildman–Crippen MR) is 134 cm³/mol. The number of benzene rings is 2. The number of amides is 3. The van der Waals surface area contributed by atoms with Gasteiger partial charge >= 0.3 is 0 Å². The SMILES string of the molecule is CC1(C)[C@H]2[C@@H](C(=O)N[C@@H](C#N)C[C@@H]3CCNC3=O)N(C(=O)C3(O)c4ccccc4-c4ccccc43)C[C@H]21. The molecule has 3 amide bonds. The van der Waals surface area contributed by atoms with Crippen LogP contribution >= 0.6 is 0 Å². The lowest BCUT2D eigenvalue weighted by atomic mass is 9.88. The highest BCUT2D eigenvalue weighted by Gasteiger charge is 2.70. The van der Waals surface area contributed by atoms with Crippen molar-refractivity contribution in [2.75, 3.05) is 13.1 Å². The van der Waals surface area contributed by atoms with Crippen molar-refractivity contribution < 1.29 is 19.5 Å². The lowest BCUT2D eigenvalue weighted by Gasteiger charge is -2.36. The number of piperidine rings is 1. The van der Waals surface area contributed by atoms with Gasteiger partial charge in [0.15, 0.2) is 5.60 Å². The second-order valence-corrected chi connectivity index (χ2v) is 11.4. The van der Waals surface area contributed by atoms with Gasteiger partial charge in [-0.1, -0.05) is 62.4 Å². The van der Waals surface area contributed by atoms with Gasteiger partial charge in [-0.25, -0.2) is 0 Å². The van der Waals surface area contributed by atoms with Crippen molar-refractivity contribution in [1.29, 1.82) is 5.26 Å². The Labute approximate surface area is 215 Å². The highest BCUT2D eigenvalue weighted by Crippen LogP contribution is 2.65. The Balaban J connectivity index is 1.31. The minimum Gasteiger partial charge on any atom is -0.372 e. The van der Waals surface area contributed by atoms with E-state index in [1.165, 1.54) is 4.90 Å². The van der Waals surface area contributed by atoms with Crippen molar-refractivity contribution in [3.05, 3.63) is 59.7 Å². The maximum Gasteiger partial charge on any atom is 0.264 e. The number of hydrogen-bond donors (Lipinski definition) is 3. The van der Waals surface area contributed by atoms with E-state index in [4.69, 9.17) is 0 Å². The number of nitrogens with zero attached hydrogens (tertiary/aromatic N) is 2. The summed E-state index contributed by atoms with van der Waals surface area (Å²) in [6.45, 7) is 5.11. The van der Waals surface area contributed by atoms with E-state index in [1.54, 1.807) is 24.3 Å². The number of hydrogen-bond acceptors (Lipinski definition) is 5. The van der Waals surface area contributed by atoms with Crippen LogP contribution in [0.25, 0.3) is 11.1 Å². The van der Waals surface area contributed by atoms with E-state index in [9.17, 15) is 24.8 Å². The van der Waals surface area contributed by atoms with E-state index in [1.807, 2.05) is 24.3 Å². The molecule has 0 bridgehead atoms. The van der Waals surface area contributed by atoms with Crippen LogP contribution in [0, 0.1) is 34.5 Å². The van der Waals surface area contributed by atoms with E-state index in [0.29, 0.717) is 30.6 Å². The van der Waals surface area contributed by atoms with Crippen LogP contribution in [-0.2, 0) is 20.0 Å². The number of nitriles is 1. The Morgan fingerprint density at radius 3 is 2.35 bits per heavy atom. The van der Waals surface area contributed by atoms with Crippen LogP contribution in [0.2, 0.25) is 0 Å². The fourth-order valence-corrected chi connectivity index (χ4v) is 7.00. The number of rotatable bonds is 5. The Kier molecular flexibility index (Phi) is 5.22. The summed E-state index contributed by atoms with van der Waals surface area (Å²) in [5, 5.41) is 27.4. The summed E-state index contributed by atoms with van der Waals surface area (Å²) in [6.07, 6.45) is 0.863. The van der Waals surface area contributed by atoms with Crippen LogP contribution in [-0.4, -0.2) is 52.9 Å². The zero-order valence-electron chi connectivity index (χ0n) is 20.9. The summed E-state index contributed by atoms with van der Waals surface area (Å²) < 4.78 is 0. The van der Waals surface area contributed by atoms with E-state index in [-0.39, 0.29) is 35.5 Å². The predicted octanol–water partition coefficient (Wildman–Crippen LogP) is 1.92. The molecule has 0 unspecified atom stereocenters. The van der Waals surface area contributed by atoms with Crippen LogP contribution in [0.5, 0.6) is 0 Å². The summed E-state index contributed by atoms with van der Waals surface area (Å²) in [7, 11) is 0. The molecule has 0 aromatic heterocycles. The molecule has 3 fully saturated rings. The fraction of sp³-hybridized carbons (Fsp3) is 0.448. The van der Waals surface area contributed by atoms with Crippen molar-refractivity contribution in [3.8, 4) is 17.2 Å². The quantitative estimate of drug-likeness (QED) is 0.581. The number of likely N-dealkylation sites (tertiary alicyclic amines) is 1. The largest absolute Gasteiger partial charge is 0.372 e. The molecule has 2 aliphatic carbocycles. The summed E-state index contributed by atoms with van der Waals surface area (Å²) in [5.41, 5.74) is 0.617. The molecule has 8 heteroatoms. The molecule has 5 atom stereocenters. The molecule has 2 saturated heterocycles. The zero-order chi connectivity index (χ0) is 26.1. The summed E-state index contributed by atoms with van der Waals surface area (Å²) >= 11 is 0. The molecule has 2 aliphatic heterocycles. The molecular weight excluding hydrogens is 468 g/mol. The molecule has 2 heterocycles. The highest BCUT2D eigenvalue weighted by molar-refractivity contribution is 6.01. The van der Waals surface area contributed by atoms with Crippen molar-refractivity contribution in [3.63, 3.8) is 0 Å². The van der Waals surface area contributed by atoms with Crippen LogP contribution in [0.3, 0.4) is 0 Å². The van der Waals surface area contributed by atoms with Gasteiger partial charge in [0.25, 0.3) is 5.91 Å².